The molecule has 1 aromatic heterocycles. The Morgan fingerprint density at radius 3 is 2.76 bits per heavy atom. The van der Waals surface area contributed by atoms with Crippen LogP contribution in [0.15, 0.2) is 23.4 Å². The number of sulfonamides is 1. The van der Waals surface area contributed by atoms with Crippen molar-refractivity contribution in [1.82, 2.24) is 14.6 Å². The lowest BCUT2D eigenvalue weighted by Gasteiger charge is -2.37. The van der Waals surface area contributed by atoms with Gasteiger partial charge in [0, 0.05) is 25.8 Å². The Bertz CT molecular complexity index is 570. The summed E-state index contributed by atoms with van der Waals surface area (Å²) in [5.74, 6) is 0. The molecule has 2 rings (SSSR count). The number of hydrogen-bond donors (Lipinski definition) is 1. The van der Waals surface area contributed by atoms with Crippen LogP contribution in [0.3, 0.4) is 0 Å². The highest BCUT2D eigenvalue weighted by Crippen LogP contribution is 2.22. The lowest BCUT2D eigenvalue weighted by Crippen LogP contribution is -2.50. The van der Waals surface area contributed by atoms with Crippen molar-refractivity contribution < 1.29 is 13.2 Å². The van der Waals surface area contributed by atoms with Crippen molar-refractivity contribution in [2.24, 2.45) is 0 Å². The van der Waals surface area contributed by atoms with E-state index in [-0.39, 0.29) is 5.03 Å². The molecule has 21 heavy (non-hydrogen) atoms. The monoisotopic (exact) mass is 313 g/mol. The lowest BCUT2D eigenvalue weighted by atomic mass is 10.1. The molecule has 1 N–H and O–H groups in total. The first-order valence-corrected chi connectivity index (χ1v) is 8.59. The van der Waals surface area contributed by atoms with Gasteiger partial charge in [-0.15, -0.1) is 0 Å². The number of rotatable bonds is 5. The first kappa shape index (κ1) is 16.4. The van der Waals surface area contributed by atoms with E-state index >= 15 is 0 Å². The fourth-order valence-corrected chi connectivity index (χ4v) is 3.73. The van der Waals surface area contributed by atoms with Gasteiger partial charge in [-0.3, -0.25) is 0 Å². The minimum Gasteiger partial charge on any atom is -0.373 e. The van der Waals surface area contributed by atoms with Crippen molar-refractivity contribution in [3.63, 3.8) is 0 Å². The first-order valence-electron chi connectivity index (χ1n) is 7.15. The number of nitrogens with zero attached hydrogens (tertiary/aromatic N) is 2. The van der Waals surface area contributed by atoms with Gasteiger partial charge >= 0.3 is 0 Å². The van der Waals surface area contributed by atoms with Crippen molar-refractivity contribution in [3.8, 4) is 0 Å². The van der Waals surface area contributed by atoms with E-state index in [2.05, 4.69) is 10.3 Å². The first-order chi connectivity index (χ1) is 9.85. The summed E-state index contributed by atoms with van der Waals surface area (Å²) in [5.41, 5.74) is 0.508. The van der Waals surface area contributed by atoms with E-state index in [0.29, 0.717) is 26.2 Å². The number of pyridine rings is 1. The van der Waals surface area contributed by atoms with E-state index in [1.165, 1.54) is 4.31 Å². The molecule has 0 bridgehead atoms. The zero-order valence-corrected chi connectivity index (χ0v) is 13.6. The fourth-order valence-electron chi connectivity index (χ4n) is 2.25. The highest BCUT2D eigenvalue weighted by atomic mass is 32.2. The maximum absolute atomic E-state index is 12.6. The third kappa shape index (κ3) is 4.00. The summed E-state index contributed by atoms with van der Waals surface area (Å²) in [4.78, 5) is 4.12. The molecule has 0 aromatic carbocycles. The van der Waals surface area contributed by atoms with Gasteiger partial charge in [-0.1, -0.05) is 13.0 Å². The lowest BCUT2D eigenvalue weighted by molar-refractivity contribution is -0.0640. The smallest absolute Gasteiger partial charge is 0.260 e. The molecule has 0 amide bonds. The van der Waals surface area contributed by atoms with Crippen molar-refractivity contribution in [2.75, 3.05) is 26.2 Å². The Balaban J connectivity index is 2.15. The summed E-state index contributed by atoms with van der Waals surface area (Å²) in [6.07, 6.45) is 1.61. The minimum atomic E-state index is -3.55. The van der Waals surface area contributed by atoms with Crippen LogP contribution in [0.1, 0.15) is 26.3 Å². The van der Waals surface area contributed by atoms with Crippen LogP contribution in [0.5, 0.6) is 0 Å². The van der Waals surface area contributed by atoms with Gasteiger partial charge in [0.15, 0.2) is 5.03 Å². The van der Waals surface area contributed by atoms with Crippen LogP contribution in [0.4, 0.5) is 0 Å². The molecule has 1 aromatic rings. The summed E-state index contributed by atoms with van der Waals surface area (Å²) in [7, 11) is -3.55. The summed E-state index contributed by atoms with van der Waals surface area (Å²) in [6, 6.07) is 3.37. The molecule has 0 saturated carbocycles. The van der Waals surface area contributed by atoms with Crippen molar-refractivity contribution >= 4 is 10.0 Å². The molecule has 1 aliphatic heterocycles. The molecule has 118 valence electrons. The van der Waals surface area contributed by atoms with Gasteiger partial charge in [-0.2, -0.15) is 4.31 Å². The van der Waals surface area contributed by atoms with Crippen LogP contribution >= 0.6 is 0 Å². The molecule has 6 nitrogen and oxygen atoms in total. The molecule has 0 atom stereocenters. The predicted molar refractivity (Wildman–Crippen MR) is 80.4 cm³/mol. The molecule has 1 fully saturated rings. The largest absolute Gasteiger partial charge is 0.373 e. The molecule has 0 radical (unpaired) electrons. The van der Waals surface area contributed by atoms with E-state index in [1.54, 1.807) is 18.3 Å². The fraction of sp³-hybridized carbons (Fsp3) is 0.643. The molecule has 7 heteroatoms. The van der Waals surface area contributed by atoms with E-state index in [9.17, 15) is 8.42 Å². The molecule has 0 aliphatic carbocycles. The van der Waals surface area contributed by atoms with Crippen LogP contribution in [-0.4, -0.2) is 49.5 Å². The second kappa shape index (κ2) is 6.39. The van der Waals surface area contributed by atoms with Crippen LogP contribution in [-0.2, 0) is 21.3 Å². The van der Waals surface area contributed by atoms with Gasteiger partial charge in [-0.25, -0.2) is 13.4 Å². The third-order valence-corrected chi connectivity index (χ3v) is 5.13. The molecule has 2 heterocycles. The van der Waals surface area contributed by atoms with Gasteiger partial charge < -0.3 is 10.1 Å². The Labute approximate surface area is 126 Å². The average Bonchev–Trinajstić information content (AvgIpc) is 2.44. The molecule has 0 spiro atoms. The topological polar surface area (TPSA) is 71.5 Å². The van der Waals surface area contributed by atoms with Crippen LogP contribution < -0.4 is 5.32 Å². The predicted octanol–water partition coefficient (Wildman–Crippen LogP) is 0.991. The molecular formula is C14H23N3O3S. The van der Waals surface area contributed by atoms with E-state index in [0.717, 1.165) is 12.1 Å². The Kier molecular flexibility index (Phi) is 4.98. The third-order valence-electron chi connectivity index (χ3n) is 3.37. The Hall–Kier alpha value is -1.02. The second-order valence-corrected chi connectivity index (χ2v) is 7.62. The summed E-state index contributed by atoms with van der Waals surface area (Å²) in [5, 5.41) is 3.28. The maximum atomic E-state index is 12.6. The number of aromatic nitrogens is 1. The maximum Gasteiger partial charge on any atom is 0.260 e. The van der Waals surface area contributed by atoms with Crippen molar-refractivity contribution in [1.29, 1.82) is 0 Å². The van der Waals surface area contributed by atoms with Gasteiger partial charge in [0.25, 0.3) is 10.0 Å². The highest BCUT2D eigenvalue weighted by molar-refractivity contribution is 7.89. The van der Waals surface area contributed by atoms with E-state index in [4.69, 9.17) is 4.74 Å². The number of ether oxygens (including phenoxy) is 1. The van der Waals surface area contributed by atoms with Crippen LogP contribution in [0.25, 0.3) is 0 Å². The van der Waals surface area contributed by atoms with Gasteiger partial charge in [-0.05, 0) is 32.0 Å². The van der Waals surface area contributed by atoms with Crippen LogP contribution in [0.2, 0.25) is 0 Å². The number of hydrogen-bond acceptors (Lipinski definition) is 5. The second-order valence-electron chi connectivity index (χ2n) is 5.73. The van der Waals surface area contributed by atoms with Crippen molar-refractivity contribution in [3.05, 3.63) is 23.9 Å². The Morgan fingerprint density at radius 1 is 1.43 bits per heavy atom. The number of nitrogens with one attached hydrogen (secondary N) is 1. The van der Waals surface area contributed by atoms with E-state index in [1.807, 2.05) is 20.8 Å². The van der Waals surface area contributed by atoms with Crippen molar-refractivity contribution in [2.45, 2.75) is 37.9 Å². The normalized spacial score (nSPS) is 19.6. The van der Waals surface area contributed by atoms with E-state index < -0.39 is 15.6 Å². The Morgan fingerprint density at radius 2 is 2.19 bits per heavy atom. The minimum absolute atomic E-state index is 0.0976. The van der Waals surface area contributed by atoms with Gasteiger partial charge in [0.1, 0.15) is 0 Å². The highest BCUT2D eigenvalue weighted by Gasteiger charge is 2.35. The SMILES string of the molecule is CCNCc1ccc(S(=O)(=O)N2CCOC(C)(C)C2)nc1. The average molecular weight is 313 g/mol. The quantitative estimate of drug-likeness (QED) is 0.878. The molecule has 0 unspecified atom stereocenters. The van der Waals surface area contributed by atoms with Crippen LogP contribution in [0, 0.1) is 0 Å². The van der Waals surface area contributed by atoms with Gasteiger partial charge in [0.2, 0.25) is 0 Å². The van der Waals surface area contributed by atoms with Gasteiger partial charge in [0.05, 0.1) is 12.2 Å². The molecular weight excluding hydrogens is 290 g/mol. The standard InChI is InChI=1S/C14H23N3O3S/c1-4-15-9-12-5-6-13(16-10-12)21(18,19)17-7-8-20-14(2,3)11-17/h5-6,10,15H,4,7-9,11H2,1-3H3. The zero-order chi connectivity index (χ0) is 15.5. The summed E-state index contributed by atoms with van der Waals surface area (Å²) >= 11 is 0. The number of morpholine rings is 1. The zero-order valence-electron chi connectivity index (χ0n) is 12.8. The summed E-state index contributed by atoms with van der Waals surface area (Å²) < 4.78 is 32.2. The summed E-state index contributed by atoms with van der Waals surface area (Å²) in [6.45, 7) is 8.47. The molecule has 1 saturated heterocycles. The molecule has 1 aliphatic rings.